The molecule has 0 N–H and O–H groups in total. The monoisotopic (exact) mass is 266 g/mol. The van der Waals surface area contributed by atoms with Gasteiger partial charge >= 0.3 is 0 Å². The van der Waals surface area contributed by atoms with Gasteiger partial charge in [0.25, 0.3) is 5.24 Å². The number of carbonyl (C=O) groups is 1. The first-order chi connectivity index (χ1) is 8.15. The van der Waals surface area contributed by atoms with Gasteiger partial charge in [-0.1, -0.05) is 11.6 Å². The van der Waals surface area contributed by atoms with Gasteiger partial charge in [0.05, 0.1) is 0 Å². The maximum Gasteiger partial charge on any atom is 0.252 e. The Kier molecular flexibility index (Phi) is 3.67. The lowest BCUT2D eigenvalue weighted by Gasteiger charge is -2.05. The minimum absolute atomic E-state index is 0.440. The molecule has 4 heteroatoms. The van der Waals surface area contributed by atoms with Gasteiger partial charge in [-0.25, -0.2) is 0 Å². The van der Waals surface area contributed by atoms with Crippen LogP contribution in [0.3, 0.4) is 0 Å². The Bertz CT molecular complexity index is 518. The summed E-state index contributed by atoms with van der Waals surface area (Å²) in [6.07, 6.45) is 0. The Balaban J connectivity index is 2.13. The lowest BCUT2D eigenvalue weighted by Crippen LogP contribution is -1.89. The van der Waals surface area contributed by atoms with Gasteiger partial charge in [0.1, 0.15) is 11.5 Å². The molecule has 0 aliphatic carbocycles. The minimum Gasteiger partial charge on any atom is -0.457 e. The van der Waals surface area contributed by atoms with Crippen molar-refractivity contribution < 1.29 is 9.53 Å². The second-order valence-corrected chi connectivity index (χ2v) is 4.13. The number of carbonyl (C=O) groups excluding carboxylic acids is 1. The summed E-state index contributed by atoms with van der Waals surface area (Å²) in [6.45, 7) is 0. The van der Waals surface area contributed by atoms with Gasteiger partial charge in [-0.3, -0.25) is 4.79 Å². The van der Waals surface area contributed by atoms with Crippen LogP contribution in [0.5, 0.6) is 11.5 Å². The topological polar surface area (TPSA) is 26.3 Å². The van der Waals surface area contributed by atoms with Crippen LogP contribution in [0.2, 0.25) is 5.02 Å². The average molecular weight is 267 g/mol. The molecule has 0 aromatic heterocycles. The van der Waals surface area contributed by atoms with Crippen molar-refractivity contribution >= 4 is 28.4 Å². The normalized spacial score (nSPS) is 10.0. The van der Waals surface area contributed by atoms with Crippen LogP contribution in [0.4, 0.5) is 0 Å². The fraction of sp³-hybridized carbons (Fsp3) is 0. The van der Waals surface area contributed by atoms with E-state index in [-0.39, 0.29) is 0 Å². The highest BCUT2D eigenvalue weighted by Crippen LogP contribution is 2.23. The summed E-state index contributed by atoms with van der Waals surface area (Å²) >= 11 is 11.1. The van der Waals surface area contributed by atoms with E-state index in [1.54, 1.807) is 48.5 Å². The summed E-state index contributed by atoms with van der Waals surface area (Å²) in [5.41, 5.74) is 0.440. The molecule has 0 saturated heterocycles. The van der Waals surface area contributed by atoms with Crippen molar-refractivity contribution in [1.82, 2.24) is 0 Å². The molecule has 0 aliphatic rings. The maximum atomic E-state index is 10.9. The number of hydrogen-bond donors (Lipinski definition) is 0. The van der Waals surface area contributed by atoms with Crippen molar-refractivity contribution in [3.8, 4) is 11.5 Å². The Labute approximate surface area is 109 Å². The van der Waals surface area contributed by atoms with Gasteiger partial charge < -0.3 is 4.74 Å². The fourth-order valence-electron chi connectivity index (χ4n) is 1.29. The third-order valence-corrected chi connectivity index (χ3v) is 2.60. The largest absolute Gasteiger partial charge is 0.457 e. The predicted molar refractivity (Wildman–Crippen MR) is 68.2 cm³/mol. The van der Waals surface area contributed by atoms with Gasteiger partial charge in [0, 0.05) is 10.6 Å². The smallest absolute Gasteiger partial charge is 0.252 e. The molecule has 2 nitrogen and oxygen atoms in total. The van der Waals surface area contributed by atoms with Crippen LogP contribution in [0.1, 0.15) is 10.4 Å². The molecule has 2 aromatic rings. The van der Waals surface area contributed by atoms with Crippen LogP contribution in [0.25, 0.3) is 0 Å². The standard InChI is InChI=1S/C13H8Cl2O2/c14-10-3-7-12(8-4-10)17-11-5-1-9(2-6-11)13(15)16/h1-8H. The van der Waals surface area contributed by atoms with Crippen LogP contribution >= 0.6 is 23.2 Å². The third-order valence-electron chi connectivity index (χ3n) is 2.13. The zero-order valence-corrected chi connectivity index (χ0v) is 10.2. The summed E-state index contributed by atoms with van der Waals surface area (Å²) < 4.78 is 5.56. The summed E-state index contributed by atoms with van der Waals surface area (Å²) in [4.78, 5) is 10.9. The van der Waals surface area contributed by atoms with Crippen molar-refractivity contribution in [2.24, 2.45) is 0 Å². The highest BCUT2D eigenvalue weighted by atomic mass is 35.5. The molecular formula is C13H8Cl2O2. The van der Waals surface area contributed by atoms with E-state index in [2.05, 4.69) is 0 Å². The third kappa shape index (κ3) is 3.22. The highest BCUT2D eigenvalue weighted by Gasteiger charge is 2.02. The molecule has 0 saturated carbocycles. The van der Waals surface area contributed by atoms with Crippen molar-refractivity contribution in [1.29, 1.82) is 0 Å². The van der Waals surface area contributed by atoms with Gasteiger partial charge in [0.15, 0.2) is 0 Å². The molecule has 0 atom stereocenters. The van der Waals surface area contributed by atoms with Gasteiger partial charge in [-0.05, 0) is 60.1 Å². The first-order valence-electron chi connectivity index (χ1n) is 4.88. The quantitative estimate of drug-likeness (QED) is 0.764. The maximum absolute atomic E-state index is 10.9. The molecule has 17 heavy (non-hydrogen) atoms. The summed E-state index contributed by atoms with van der Waals surface area (Å²) in [7, 11) is 0. The summed E-state index contributed by atoms with van der Waals surface area (Å²) in [5.74, 6) is 1.31. The molecule has 0 heterocycles. The summed E-state index contributed by atoms with van der Waals surface area (Å²) in [6, 6.07) is 13.6. The Morgan fingerprint density at radius 1 is 0.882 bits per heavy atom. The first kappa shape index (κ1) is 12.0. The zero-order chi connectivity index (χ0) is 12.3. The van der Waals surface area contributed by atoms with E-state index in [0.29, 0.717) is 22.1 Å². The van der Waals surface area contributed by atoms with Crippen molar-refractivity contribution in [2.45, 2.75) is 0 Å². The molecule has 2 rings (SSSR count). The van der Waals surface area contributed by atoms with E-state index in [9.17, 15) is 4.79 Å². The Morgan fingerprint density at radius 3 is 1.82 bits per heavy atom. The molecule has 0 spiro atoms. The molecule has 0 radical (unpaired) electrons. The number of ether oxygens (including phenoxy) is 1. The molecule has 86 valence electrons. The molecule has 2 aromatic carbocycles. The zero-order valence-electron chi connectivity index (χ0n) is 8.69. The molecule has 0 amide bonds. The highest BCUT2D eigenvalue weighted by molar-refractivity contribution is 6.67. The SMILES string of the molecule is O=C(Cl)c1ccc(Oc2ccc(Cl)cc2)cc1. The van der Waals surface area contributed by atoms with E-state index in [0.717, 1.165) is 0 Å². The first-order valence-corrected chi connectivity index (χ1v) is 5.64. The van der Waals surface area contributed by atoms with Gasteiger partial charge in [-0.2, -0.15) is 0 Å². The van der Waals surface area contributed by atoms with Crippen molar-refractivity contribution in [3.05, 3.63) is 59.1 Å². The second-order valence-electron chi connectivity index (χ2n) is 3.35. The minimum atomic E-state index is -0.483. The van der Waals surface area contributed by atoms with Crippen LogP contribution in [0, 0.1) is 0 Å². The van der Waals surface area contributed by atoms with Crippen LogP contribution in [0.15, 0.2) is 48.5 Å². The van der Waals surface area contributed by atoms with E-state index in [4.69, 9.17) is 27.9 Å². The van der Waals surface area contributed by atoms with Gasteiger partial charge in [-0.15, -0.1) is 0 Å². The average Bonchev–Trinajstić information content (AvgIpc) is 2.33. The van der Waals surface area contributed by atoms with Crippen LogP contribution in [-0.4, -0.2) is 5.24 Å². The van der Waals surface area contributed by atoms with Crippen LogP contribution in [-0.2, 0) is 0 Å². The lowest BCUT2D eigenvalue weighted by molar-refractivity contribution is 0.108. The van der Waals surface area contributed by atoms with E-state index >= 15 is 0 Å². The molecular weight excluding hydrogens is 259 g/mol. The van der Waals surface area contributed by atoms with Crippen molar-refractivity contribution in [2.75, 3.05) is 0 Å². The van der Waals surface area contributed by atoms with Gasteiger partial charge in [0.2, 0.25) is 0 Å². The van der Waals surface area contributed by atoms with Crippen molar-refractivity contribution in [3.63, 3.8) is 0 Å². The Morgan fingerprint density at radius 2 is 1.35 bits per heavy atom. The fourth-order valence-corrected chi connectivity index (χ4v) is 1.54. The predicted octanol–water partition coefficient (Wildman–Crippen LogP) is 4.51. The number of rotatable bonds is 3. The van der Waals surface area contributed by atoms with E-state index in [1.807, 2.05) is 0 Å². The molecule has 0 bridgehead atoms. The Hall–Kier alpha value is -1.51. The lowest BCUT2D eigenvalue weighted by atomic mass is 10.2. The summed E-state index contributed by atoms with van der Waals surface area (Å²) in [5, 5.41) is 0.170. The number of benzene rings is 2. The van der Waals surface area contributed by atoms with E-state index in [1.165, 1.54) is 0 Å². The second kappa shape index (κ2) is 5.21. The van der Waals surface area contributed by atoms with E-state index < -0.39 is 5.24 Å². The molecule has 0 fully saturated rings. The number of halogens is 2. The molecule has 0 aliphatic heterocycles. The molecule has 0 unspecified atom stereocenters. The van der Waals surface area contributed by atoms with Crippen LogP contribution < -0.4 is 4.74 Å². The number of hydrogen-bond acceptors (Lipinski definition) is 2.